The van der Waals surface area contributed by atoms with E-state index in [0.717, 1.165) is 25.9 Å². The number of nitrogens with zero attached hydrogens (tertiary/aromatic N) is 1. The van der Waals surface area contributed by atoms with Crippen molar-refractivity contribution in [2.24, 2.45) is 5.92 Å². The van der Waals surface area contributed by atoms with E-state index in [1.54, 1.807) is 0 Å². The molecule has 0 N–H and O–H groups in total. The summed E-state index contributed by atoms with van der Waals surface area (Å²) in [6.45, 7) is 19.4. The van der Waals surface area contributed by atoms with Gasteiger partial charge in [-0.1, -0.05) is 85.4 Å². The standard InChI is InChI=1S/C27H37N/c1-7-12-26(8-2)24(6)28-17-15-27(16-18-28)23(5)19-21(3)22(4)20-25-13-10-9-11-14-25/h7,9-14,19,27H,1,6,8,15-18,20H2,2-5H3/b22-21-,23-19+,26-12+. The zero-order valence-electron chi connectivity index (χ0n) is 18.3. The molecule has 0 aliphatic carbocycles. The summed E-state index contributed by atoms with van der Waals surface area (Å²) < 4.78 is 0. The third-order valence-corrected chi connectivity index (χ3v) is 6.02. The second-order valence-electron chi connectivity index (χ2n) is 8.00. The van der Waals surface area contributed by atoms with Gasteiger partial charge in [0.2, 0.25) is 0 Å². The minimum Gasteiger partial charge on any atom is -0.372 e. The maximum absolute atomic E-state index is 4.34. The van der Waals surface area contributed by atoms with Crippen molar-refractivity contribution in [1.82, 2.24) is 4.90 Å². The van der Waals surface area contributed by atoms with Crippen molar-refractivity contribution in [1.29, 1.82) is 0 Å². The van der Waals surface area contributed by atoms with E-state index in [-0.39, 0.29) is 0 Å². The van der Waals surface area contributed by atoms with Crippen molar-refractivity contribution in [2.75, 3.05) is 13.1 Å². The number of allylic oxidation sites excluding steroid dienone is 7. The van der Waals surface area contributed by atoms with Crippen molar-refractivity contribution in [3.8, 4) is 0 Å². The van der Waals surface area contributed by atoms with Crippen LogP contribution in [0.3, 0.4) is 0 Å². The number of piperidine rings is 1. The quantitative estimate of drug-likeness (QED) is 0.432. The molecule has 1 aromatic rings. The fourth-order valence-corrected chi connectivity index (χ4v) is 3.99. The Morgan fingerprint density at radius 2 is 1.75 bits per heavy atom. The molecule has 1 heteroatoms. The van der Waals surface area contributed by atoms with Crippen LogP contribution in [-0.4, -0.2) is 18.0 Å². The van der Waals surface area contributed by atoms with E-state index in [1.807, 2.05) is 6.08 Å². The van der Waals surface area contributed by atoms with E-state index in [4.69, 9.17) is 0 Å². The monoisotopic (exact) mass is 375 g/mol. The fraction of sp³-hybridized carbons (Fsp3) is 0.407. The molecule has 0 aromatic heterocycles. The average molecular weight is 376 g/mol. The molecule has 1 fully saturated rings. The predicted molar refractivity (Wildman–Crippen MR) is 124 cm³/mol. The van der Waals surface area contributed by atoms with Crippen LogP contribution in [0.4, 0.5) is 0 Å². The van der Waals surface area contributed by atoms with Crippen molar-refractivity contribution >= 4 is 0 Å². The molecule has 1 aromatic carbocycles. The number of benzene rings is 1. The molecular formula is C27H37N. The second kappa shape index (κ2) is 10.9. The number of hydrogen-bond donors (Lipinski definition) is 0. The largest absolute Gasteiger partial charge is 0.372 e. The molecule has 0 bridgehead atoms. The molecule has 0 radical (unpaired) electrons. The van der Waals surface area contributed by atoms with Gasteiger partial charge in [0.1, 0.15) is 0 Å². The van der Waals surface area contributed by atoms with Crippen LogP contribution in [0.5, 0.6) is 0 Å². The normalized spacial score (nSPS) is 17.4. The lowest BCUT2D eigenvalue weighted by atomic mass is 9.87. The first-order chi connectivity index (χ1) is 13.5. The Labute approximate surface area is 172 Å². The van der Waals surface area contributed by atoms with Crippen LogP contribution in [0.15, 0.2) is 89.7 Å². The predicted octanol–water partition coefficient (Wildman–Crippen LogP) is 7.26. The van der Waals surface area contributed by atoms with Gasteiger partial charge in [0.25, 0.3) is 0 Å². The minimum atomic E-state index is 0.678. The minimum absolute atomic E-state index is 0.678. The lowest BCUT2D eigenvalue weighted by Crippen LogP contribution is -2.33. The summed E-state index contributed by atoms with van der Waals surface area (Å²) in [5.74, 6) is 0.678. The van der Waals surface area contributed by atoms with E-state index in [9.17, 15) is 0 Å². The van der Waals surface area contributed by atoms with Crippen molar-refractivity contribution in [2.45, 2.75) is 53.4 Å². The summed E-state index contributed by atoms with van der Waals surface area (Å²) in [5, 5.41) is 0. The van der Waals surface area contributed by atoms with Gasteiger partial charge >= 0.3 is 0 Å². The lowest BCUT2D eigenvalue weighted by molar-refractivity contribution is 0.249. The lowest BCUT2D eigenvalue weighted by Gasteiger charge is -2.36. The second-order valence-corrected chi connectivity index (χ2v) is 8.00. The van der Waals surface area contributed by atoms with Gasteiger partial charge in [-0.3, -0.25) is 0 Å². The van der Waals surface area contributed by atoms with Crippen LogP contribution in [0.2, 0.25) is 0 Å². The molecule has 0 atom stereocenters. The van der Waals surface area contributed by atoms with E-state index in [2.05, 4.69) is 88.2 Å². The molecule has 1 saturated heterocycles. The summed E-state index contributed by atoms with van der Waals surface area (Å²) in [7, 11) is 0. The highest BCUT2D eigenvalue weighted by Gasteiger charge is 2.22. The zero-order chi connectivity index (χ0) is 20.5. The first-order valence-corrected chi connectivity index (χ1v) is 10.6. The Hall–Kier alpha value is -2.28. The first kappa shape index (κ1) is 22.0. The van der Waals surface area contributed by atoms with Crippen LogP contribution >= 0.6 is 0 Å². The molecule has 0 saturated carbocycles. The zero-order valence-corrected chi connectivity index (χ0v) is 18.3. The Bertz CT molecular complexity index is 753. The van der Waals surface area contributed by atoms with Gasteiger partial charge in [-0.05, 0) is 63.5 Å². The molecule has 1 aliphatic heterocycles. The Kier molecular flexibility index (Phi) is 8.57. The van der Waals surface area contributed by atoms with Gasteiger partial charge in [0.15, 0.2) is 0 Å². The molecule has 28 heavy (non-hydrogen) atoms. The summed E-state index contributed by atoms with van der Waals surface area (Å²) in [6, 6.07) is 10.7. The molecule has 150 valence electrons. The van der Waals surface area contributed by atoms with Crippen molar-refractivity contribution in [3.63, 3.8) is 0 Å². The SMILES string of the molecule is C=C/C=C(\CC)C(=C)N1CCC(/C(C)=C/C(C)=C(/C)Cc2ccccc2)CC1. The molecule has 1 aliphatic rings. The van der Waals surface area contributed by atoms with Gasteiger partial charge in [-0.25, -0.2) is 0 Å². The molecule has 0 amide bonds. The summed E-state index contributed by atoms with van der Waals surface area (Å²) in [4.78, 5) is 2.45. The summed E-state index contributed by atoms with van der Waals surface area (Å²) in [6.07, 6.45) is 10.8. The van der Waals surface area contributed by atoms with Gasteiger partial charge in [-0.15, -0.1) is 0 Å². The van der Waals surface area contributed by atoms with E-state index in [1.165, 1.54) is 46.4 Å². The van der Waals surface area contributed by atoms with Crippen LogP contribution in [-0.2, 0) is 6.42 Å². The highest BCUT2D eigenvalue weighted by atomic mass is 15.1. The van der Waals surface area contributed by atoms with E-state index < -0.39 is 0 Å². The Balaban J connectivity index is 1.97. The van der Waals surface area contributed by atoms with Crippen LogP contribution < -0.4 is 0 Å². The molecule has 1 nitrogen and oxygen atoms in total. The Morgan fingerprint density at radius 3 is 2.32 bits per heavy atom. The number of likely N-dealkylation sites (tertiary alicyclic amines) is 1. The van der Waals surface area contributed by atoms with Crippen LogP contribution in [0.25, 0.3) is 0 Å². The van der Waals surface area contributed by atoms with Crippen molar-refractivity contribution in [3.05, 3.63) is 95.3 Å². The molecule has 1 heterocycles. The fourth-order valence-electron chi connectivity index (χ4n) is 3.99. The maximum Gasteiger partial charge on any atom is 0.0325 e. The number of rotatable bonds is 8. The average Bonchev–Trinajstić information content (AvgIpc) is 2.72. The van der Waals surface area contributed by atoms with Crippen molar-refractivity contribution < 1.29 is 0 Å². The Morgan fingerprint density at radius 1 is 1.11 bits per heavy atom. The van der Waals surface area contributed by atoms with E-state index in [0.29, 0.717) is 5.92 Å². The molecule has 2 rings (SSSR count). The number of hydrogen-bond acceptors (Lipinski definition) is 1. The summed E-state index contributed by atoms with van der Waals surface area (Å²) >= 11 is 0. The molecule has 0 unspecified atom stereocenters. The van der Waals surface area contributed by atoms with Gasteiger partial charge in [0.05, 0.1) is 0 Å². The highest BCUT2D eigenvalue weighted by Crippen LogP contribution is 2.29. The van der Waals surface area contributed by atoms with Crippen LogP contribution in [0.1, 0.15) is 52.5 Å². The summed E-state index contributed by atoms with van der Waals surface area (Å²) in [5.41, 5.74) is 8.26. The smallest absolute Gasteiger partial charge is 0.0325 e. The molecular weight excluding hydrogens is 338 g/mol. The van der Waals surface area contributed by atoms with Crippen LogP contribution in [0, 0.1) is 5.92 Å². The molecule has 0 spiro atoms. The third kappa shape index (κ3) is 6.12. The van der Waals surface area contributed by atoms with Gasteiger partial charge in [0, 0.05) is 18.8 Å². The first-order valence-electron chi connectivity index (χ1n) is 10.6. The maximum atomic E-state index is 4.34. The highest BCUT2D eigenvalue weighted by molar-refractivity contribution is 5.32. The third-order valence-electron chi connectivity index (χ3n) is 6.02. The van der Waals surface area contributed by atoms with Gasteiger partial charge < -0.3 is 4.90 Å². The van der Waals surface area contributed by atoms with E-state index >= 15 is 0 Å². The topological polar surface area (TPSA) is 3.24 Å². The van der Waals surface area contributed by atoms with Gasteiger partial charge in [-0.2, -0.15) is 0 Å².